The van der Waals surface area contributed by atoms with Crippen LogP contribution in [0.3, 0.4) is 0 Å². The number of aliphatic hydroxyl groups is 1. The molecule has 1 aromatic carbocycles. The predicted octanol–water partition coefficient (Wildman–Crippen LogP) is 3.03. The lowest BCUT2D eigenvalue weighted by Crippen LogP contribution is -2.08. The summed E-state index contributed by atoms with van der Waals surface area (Å²) in [6, 6.07) is 7.72. The second-order valence-electron chi connectivity index (χ2n) is 3.80. The molecule has 1 N–H and O–H groups in total. The van der Waals surface area contributed by atoms with E-state index in [2.05, 4.69) is 20.9 Å². The highest BCUT2D eigenvalue weighted by molar-refractivity contribution is 9.10. The summed E-state index contributed by atoms with van der Waals surface area (Å²) in [6.45, 7) is 1.60. The van der Waals surface area contributed by atoms with Crippen LogP contribution in [0.1, 0.15) is 15.4 Å². The molecule has 1 heterocycles. The number of rotatable bonds is 4. The molecular formula is C13H12BrNO3S. The van der Waals surface area contributed by atoms with Gasteiger partial charge in [-0.2, -0.15) is 0 Å². The first-order chi connectivity index (χ1) is 9.11. The number of carbonyl (C=O) groups is 1. The molecule has 19 heavy (non-hydrogen) atoms. The highest BCUT2D eigenvalue weighted by Gasteiger charge is 2.17. The first-order valence-electron chi connectivity index (χ1n) is 5.63. The molecule has 0 aliphatic rings. The first kappa shape index (κ1) is 14.2. The Morgan fingerprint density at radius 2 is 2.11 bits per heavy atom. The monoisotopic (exact) mass is 341 g/mol. The number of halogens is 1. The number of aromatic nitrogens is 1. The molecule has 2 rings (SSSR count). The average Bonchev–Trinajstić information content (AvgIpc) is 2.79. The minimum Gasteiger partial charge on any atom is -0.459 e. The lowest BCUT2D eigenvalue weighted by atomic mass is 10.2. The Kier molecular flexibility index (Phi) is 4.68. The van der Waals surface area contributed by atoms with Crippen molar-refractivity contribution in [3.8, 4) is 10.6 Å². The second kappa shape index (κ2) is 6.27. The summed E-state index contributed by atoms with van der Waals surface area (Å²) in [6.07, 6.45) is 0. The van der Waals surface area contributed by atoms with Gasteiger partial charge in [-0.3, -0.25) is 0 Å². The van der Waals surface area contributed by atoms with Crippen LogP contribution in [0.2, 0.25) is 0 Å². The standard InChI is InChI=1S/C13H12BrNO3S/c1-8-11(13(17)18-7-6-16)19-12(15-8)9-2-4-10(14)5-3-9/h2-5,16H,6-7H2,1H3. The first-order valence-corrected chi connectivity index (χ1v) is 7.24. The molecule has 0 saturated heterocycles. The van der Waals surface area contributed by atoms with E-state index in [0.717, 1.165) is 15.0 Å². The summed E-state index contributed by atoms with van der Waals surface area (Å²) in [7, 11) is 0. The van der Waals surface area contributed by atoms with E-state index in [-0.39, 0.29) is 13.2 Å². The Labute approximate surface area is 123 Å². The fourth-order valence-electron chi connectivity index (χ4n) is 1.51. The zero-order chi connectivity index (χ0) is 13.8. The Hall–Kier alpha value is -1.24. The number of hydrogen-bond donors (Lipinski definition) is 1. The van der Waals surface area contributed by atoms with E-state index >= 15 is 0 Å². The van der Waals surface area contributed by atoms with Gasteiger partial charge in [0.05, 0.1) is 12.3 Å². The molecule has 0 amide bonds. The predicted molar refractivity (Wildman–Crippen MR) is 77.4 cm³/mol. The van der Waals surface area contributed by atoms with E-state index in [0.29, 0.717) is 10.6 Å². The van der Waals surface area contributed by atoms with Crippen LogP contribution < -0.4 is 0 Å². The molecule has 0 aliphatic heterocycles. The minimum atomic E-state index is -0.438. The normalized spacial score (nSPS) is 10.5. The van der Waals surface area contributed by atoms with Crippen molar-refractivity contribution >= 4 is 33.2 Å². The lowest BCUT2D eigenvalue weighted by Gasteiger charge is -1.99. The Morgan fingerprint density at radius 1 is 1.42 bits per heavy atom. The van der Waals surface area contributed by atoms with E-state index in [1.165, 1.54) is 11.3 Å². The molecule has 0 radical (unpaired) electrons. The number of nitrogens with zero attached hydrogens (tertiary/aromatic N) is 1. The van der Waals surface area contributed by atoms with Crippen LogP contribution in [0.5, 0.6) is 0 Å². The molecule has 2 aromatic rings. The van der Waals surface area contributed by atoms with Gasteiger partial charge < -0.3 is 9.84 Å². The number of esters is 1. The maximum Gasteiger partial charge on any atom is 0.350 e. The molecule has 0 fully saturated rings. The molecule has 0 bridgehead atoms. The molecule has 6 heteroatoms. The molecule has 0 spiro atoms. The molecule has 0 unspecified atom stereocenters. The zero-order valence-corrected chi connectivity index (χ0v) is 12.6. The second-order valence-corrected chi connectivity index (χ2v) is 5.71. The van der Waals surface area contributed by atoms with Gasteiger partial charge in [-0.05, 0) is 19.1 Å². The van der Waals surface area contributed by atoms with Gasteiger partial charge in [0.15, 0.2) is 0 Å². The molecule has 0 atom stereocenters. The summed E-state index contributed by atoms with van der Waals surface area (Å²) in [5.41, 5.74) is 1.60. The largest absolute Gasteiger partial charge is 0.459 e. The van der Waals surface area contributed by atoms with Gasteiger partial charge in [0, 0.05) is 10.0 Å². The van der Waals surface area contributed by atoms with Crippen molar-refractivity contribution in [1.82, 2.24) is 4.98 Å². The van der Waals surface area contributed by atoms with Crippen LogP contribution >= 0.6 is 27.3 Å². The van der Waals surface area contributed by atoms with Crippen molar-refractivity contribution in [2.75, 3.05) is 13.2 Å². The number of aliphatic hydroxyl groups excluding tert-OH is 1. The van der Waals surface area contributed by atoms with Crippen LogP contribution in [0.4, 0.5) is 0 Å². The third kappa shape index (κ3) is 3.40. The Bertz CT molecular complexity index is 580. The highest BCUT2D eigenvalue weighted by Crippen LogP contribution is 2.29. The van der Waals surface area contributed by atoms with E-state index < -0.39 is 5.97 Å². The van der Waals surface area contributed by atoms with Gasteiger partial charge in [-0.1, -0.05) is 28.1 Å². The average molecular weight is 342 g/mol. The molecule has 1 aromatic heterocycles. The van der Waals surface area contributed by atoms with Crippen molar-refractivity contribution in [2.24, 2.45) is 0 Å². The van der Waals surface area contributed by atoms with Gasteiger partial charge in [-0.25, -0.2) is 9.78 Å². The molecular weight excluding hydrogens is 330 g/mol. The van der Waals surface area contributed by atoms with Crippen molar-refractivity contribution in [3.63, 3.8) is 0 Å². The molecule has 4 nitrogen and oxygen atoms in total. The van der Waals surface area contributed by atoms with Crippen LogP contribution in [-0.2, 0) is 4.74 Å². The summed E-state index contributed by atoms with van der Waals surface area (Å²) in [5, 5.41) is 9.43. The Morgan fingerprint density at radius 3 is 2.74 bits per heavy atom. The van der Waals surface area contributed by atoms with Crippen LogP contribution in [0, 0.1) is 6.92 Å². The van der Waals surface area contributed by atoms with Gasteiger partial charge in [0.1, 0.15) is 16.5 Å². The van der Waals surface area contributed by atoms with E-state index in [1.54, 1.807) is 6.92 Å². The van der Waals surface area contributed by atoms with Crippen molar-refractivity contribution in [2.45, 2.75) is 6.92 Å². The minimum absolute atomic E-state index is 0.00376. The van der Waals surface area contributed by atoms with Gasteiger partial charge in [0.25, 0.3) is 0 Å². The summed E-state index contributed by atoms with van der Waals surface area (Å²) in [4.78, 5) is 16.6. The number of thiazole rings is 1. The number of carbonyl (C=O) groups excluding carboxylic acids is 1. The summed E-state index contributed by atoms with van der Waals surface area (Å²) < 4.78 is 5.89. The molecule has 0 saturated carbocycles. The van der Waals surface area contributed by atoms with E-state index in [1.807, 2.05) is 24.3 Å². The maximum absolute atomic E-state index is 11.8. The van der Waals surface area contributed by atoms with Crippen LogP contribution in [0.25, 0.3) is 10.6 Å². The quantitative estimate of drug-likeness (QED) is 0.868. The fourth-order valence-corrected chi connectivity index (χ4v) is 2.74. The van der Waals surface area contributed by atoms with Gasteiger partial charge in [-0.15, -0.1) is 11.3 Å². The molecule has 100 valence electrons. The number of benzene rings is 1. The van der Waals surface area contributed by atoms with E-state index in [4.69, 9.17) is 9.84 Å². The SMILES string of the molecule is Cc1nc(-c2ccc(Br)cc2)sc1C(=O)OCCO. The smallest absolute Gasteiger partial charge is 0.350 e. The lowest BCUT2D eigenvalue weighted by molar-refractivity contribution is 0.0438. The van der Waals surface area contributed by atoms with Crippen molar-refractivity contribution in [1.29, 1.82) is 0 Å². The topological polar surface area (TPSA) is 59.4 Å². The summed E-state index contributed by atoms with van der Waals surface area (Å²) in [5.74, 6) is -0.438. The molecule has 0 aliphatic carbocycles. The highest BCUT2D eigenvalue weighted by atomic mass is 79.9. The number of hydrogen-bond acceptors (Lipinski definition) is 5. The number of aryl methyl sites for hydroxylation is 1. The van der Waals surface area contributed by atoms with Crippen molar-refractivity contribution < 1.29 is 14.6 Å². The van der Waals surface area contributed by atoms with Gasteiger partial charge >= 0.3 is 5.97 Å². The third-order valence-corrected chi connectivity index (χ3v) is 4.11. The fraction of sp³-hybridized carbons (Fsp3) is 0.231. The van der Waals surface area contributed by atoms with Crippen molar-refractivity contribution in [3.05, 3.63) is 39.3 Å². The van der Waals surface area contributed by atoms with Crippen LogP contribution in [0.15, 0.2) is 28.7 Å². The zero-order valence-electron chi connectivity index (χ0n) is 10.2. The number of ether oxygens (including phenoxy) is 1. The maximum atomic E-state index is 11.8. The van der Waals surface area contributed by atoms with E-state index in [9.17, 15) is 4.79 Å². The van der Waals surface area contributed by atoms with Gasteiger partial charge in [0.2, 0.25) is 0 Å². The third-order valence-electron chi connectivity index (χ3n) is 2.40. The Balaban J connectivity index is 2.25. The summed E-state index contributed by atoms with van der Waals surface area (Å²) >= 11 is 4.67. The van der Waals surface area contributed by atoms with Crippen LogP contribution in [-0.4, -0.2) is 29.3 Å².